The molecular weight excluding hydrogens is 486 g/mol. The summed E-state index contributed by atoms with van der Waals surface area (Å²) in [6.45, 7) is 7.13. The van der Waals surface area contributed by atoms with Crippen LogP contribution in [-0.4, -0.2) is 62.9 Å². The molecule has 0 aliphatic carbocycles. The van der Waals surface area contributed by atoms with Gasteiger partial charge in [0.15, 0.2) is 15.0 Å². The quantitative estimate of drug-likeness (QED) is 0.381. The van der Waals surface area contributed by atoms with Crippen LogP contribution < -0.4 is 4.90 Å². The first-order valence-electron chi connectivity index (χ1n) is 10.1. The molecule has 10 heteroatoms. The Kier molecular flexibility index (Phi) is 9.53. The van der Waals surface area contributed by atoms with Gasteiger partial charge in [-0.3, -0.25) is 9.69 Å². The van der Waals surface area contributed by atoms with Crippen molar-refractivity contribution < 1.29 is 13.2 Å². The van der Waals surface area contributed by atoms with Crippen LogP contribution in [0.25, 0.3) is 10.2 Å². The molecule has 0 bridgehead atoms. The number of anilines is 1. The normalized spacial score (nSPS) is 11.5. The van der Waals surface area contributed by atoms with Gasteiger partial charge in [0.2, 0.25) is 0 Å². The Labute approximate surface area is 204 Å². The summed E-state index contributed by atoms with van der Waals surface area (Å²) >= 11 is 2.96. The van der Waals surface area contributed by atoms with E-state index in [1.54, 1.807) is 28.8 Å². The topological polar surface area (TPSA) is 70.6 Å². The third-order valence-corrected chi connectivity index (χ3v) is 8.03. The number of carbonyl (C=O) groups is 1. The molecule has 174 valence electrons. The van der Waals surface area contributed by atoms with Gasteiger partial charge in [-0.05, 0) is 55.7 Å². The van der Waals surface area contributed by atoms with Crippen molar-refractivity contribution in [2.45, 2.75) is 23.6 Å². The number of rotatable bonds is 9. The lowest BCUT2D eigenvalue weighted by Gasteiger charge is -2.24. The molecule has 0 spiro atoms. The Morgan fingerprint density at radius 2 is 1.72 bits per heavy atom. The number of aromatic nitrogens is 1. The minimum absolute atomic E-state index is 0. The summed E-state index contributed by atoms with van der Waals surface area (Å²) in [5, 5.41) is 0.511. The van der Waals surface area contributed by atoms with Crippen LogP contribution in [0.1, 0.15) is 24.2 Å². The van der Waals surface area contributed by atoms with E-state index in [-0.39, 0.29) is 23.2 Å². The highest BCUT2D eigenvalue weighted by Crippen LogP contribution is 2.33. The fourth-order valence-corrected chi connectivity index (χ4v) is 5.60. The third-order valence-electron chi connectivity index (χ3n) is 5.12. The number of para-hydroxylation sites is 1. The number of thiazole rings is 1. The molecule has 1 aromatic heterocycles. The standard InChI is InChI=1S/C22H27N3O3S3.ClH/c1-5-24(6-2)14-15-25(21(26)16-10-12-17(29-3)13-11-16)22-23-20-18(30-22)8-7-9-19(20)31(4,27)28;/h7-13H,5-6,14-15H2,1-4H3;1H. The summed E-state index contributed by atoms with van der Waals surface area (Å²) in [5.41, 5.74) is 1.00. The Morgan fingerprint density at radius 3 is 2.28 bits per heavy atom. The van der Waals surface area contributed by atoms with Gasteiger partial charge in [0, 0.05) is 29.8 Å². The molecular formula is C22H28ClN3O3S3. The zero-order valence-electron chi connectivity index (χ0n) is 18.6. The van der Waals surface area contributed by atoms with Gasteiger partial charge in [-0.1, -0.05) is 31.3 Å². The monoisotopic (exact) mass is 513 g/mol. The van der Waals surface area contributed by atoms with Gasteiger partial charge >= 0.3 is 0 Å². The van der Waals surface area contributed by atoms with Crippen molar-refractivity contribution in [2.75, 3.05) is 43.6 Å². The minimum Gasteiger partial charge on any atom is -0.302 e. The molecule has 2 aromatic carbocycles. The average molecular weight is 514 g/mol. The second kappa shape index (κ2) is 11.5. The van der Waals surface area contributed by atoms with E-state index < -0.39 is 9.84 Å². The zero-order valence-corrected chi connectivity index (χ0v) is 21.8. The smallest absolute Gasteiger partial charge is 0.260 e. The Morgan fingerprint density at radius 1 is 1.06 bits per heavy atom. The average Bonchev–Trinajstić information content (AvgIpc) is 3.19. The maximum Gasteiger partial charge on any atom is 0.260 e. The molecule has 0 saturated carbocycles. The maximum atomic E-state index is 13.4. The molecule has 1 amide bonds. The number of benzene rings is 2. The van der Waals surface area contributed by atoms with Gasteiger partial charge in [-0.25, -0.2) is 13.4 Å². The van der Waals surface area contributed by atoms with Crippen LogP contribution in [0.4, 0.5) is 5.13 Å². The van der Waals surface area contributed by atoms with Crippen LogP contribution in [0.2, 0.25) is 0 Å². The molecule has 0 N–H and O–H groups in total. The number of thioether (sulfide) groups is 1. The van der Waals surface area contributed by atoms with Gasteiger partial charge in [0.05, 0.1) is 9.60 Å². The van der Waals surface area contributed by atoms with Crippen molar-refractivity contribution in [2.24, 2.45) is 0 Å². The molecule has 0 aliphatic rings. The molecule has 0 fully saturated rings. The zero-order chi connectivity index (χ0) is 22.6. The molecule has 1 heterocycles. The summed E-state index contributed by atoms with van der Waals surface area (Å²) in [6, 6.07) is 12.6. The number of hydrogen-bond acceptors (Lipinski definition) is 7. The number of fused-ring (bicyclic) bond motifs is 1. The van der Waals surface area contributed by atoms with Crippen molar-refractivity contribution in [1.82, 2.24) is 9.88 Å². The SMILES string of the molecule is CCN(CC)CCN(C(=O)c1ccc(SC)cc1)c1nc2c(S(C)(=O)=O)cccc2s1.Cl. The van der Waals surface area contributed by atoms with E-state index in [0.717, 1.165) is 22.7 Å². The summed E-state index contributed by atoms with van der Waals surface area (Å²) in [5.74, 6) is -0.139. The molecule has 32 heavy (non-hydrogen) atoms. The van der Waals surface area contributed by atoms with E-state index in [2.05, 4.69) is 23.7 Å². The summed E-state index contributed by atoms with van der Waals surface area (Å²) < 4.78 is 25.2. The molecule has 0 saturated heterocycles. The largest absolute Gasteiger partial charge is 0.302 e. The second-order valence-corrected chi connectivity index (χ2v) is 11.0. The number of amides is 1. The first-order valence-corrected chi connectivity index (χ1v) is 14.0. The first-order chi connectivity index (χ1) is 14.8. The van der Waals surface area contributed by atoms with Crippen LogP contribution in [0.3, 0.4) is 0 Å². The lowest BCUT2D eigenvalue weighted by Crippen LogP contribution is -2.38. The molecule has 0 unspecified atom stereocenters. The fourth-order valence-electron chi connectivity index (χ4n) is 3.28. The van der Waals surface area contributed by atoms with E-state index in [4.69, 9.17) is 0 Å². The second-order valence-electron chi connectivity index (χ2n) is 7.08. The predicted molar refractivity (Wildman–Crippen MR) is 138 cm³/mol. The number of sulfone groups is 1. The highest BCUT2D eigenvalue weighted by Gasteiger charge is 2.24. The van der Waals surface area contributed by atoms with Crippen molar-refractivity contribution >= 4 is 66.6 Å². The molecule has 3 rings (SSSR count). The Bertz CT molecular complexity index is 1160. The number of likely N-dealkylation sites (N-methyl/N-ethyl adjacent to an activating group) is 1. The first kappa shape index (κ1) is 26.6. The molecule has 0 radical (unpaired) electrons. The van der Waals surface area contributed by atoms with Crippen LogP contribution >= 0.6 is 35.5 Å². The van der Waals surface area contributed by atoms with E-state index in [0.29, 0.717) is 29.3 Å². The van der Waals surface area contributed by atoms with Crippen LogP contribution in [0, 0.1) is 0 Å². The Hall–Kier alpha value is -1.65. The lowest BCUT2D eigenvalue weighted by atomic mass is 10.2. The number of hydrogen-bond donors (Lipinski definition) is 0. The van der Waals surface area contributed by atoms with E-state index in [1.807, 2.05) is 36.6 Å². The minimum atomic E-state index is -3.43. The third kappa shape index (κ3) is 6.02. The van der Waals surface area contributed by atoms with Gasteiger partial charge < -0.3 is 4.90 Å². The van der Waals surface area contributed by atoms with Gasteiger partial charge in [-0.2, -0.15) is 0 Å². The van der Waals surface area contributed by atoms with Crippen molar-refractivity contribution in [1.29, 1.82) is 0 Å². The van der Waals surface area contributed by atoms with Crippen LogP contribution in [0.5, 0.6) is 0 Å². The van der Waals surface area contributed by atoms with Crippen molar-refractivity contribution in [3.05, 3.63) is 48.0 Å². The number of carbonyl (C=O) groups excluding carboxylic acids is 1. The summed E-state index contributed by atoms with van der Waals surface area (Å²) in [4.78, 5) is 23.2. The lowest BCUT2D eigenvalue weighted by molar-refractivity contribution is 0.0983. The molecule has 3 aromatic rings. The molecule has 6 nitrogen and oxygen atoms in total. The highest BCUT2D eigenvalue weighted by molar-refractivity contribution is 7.98. The van der Waals surface area contributed by atoms with Crippen molar-refractivity contribution in [3.8, 4) is 0 Å². The van der Waals surface area contributed by atoms with Crippen LogP contribution in [0.15, 0.2) is 52.3 Å². The fraction of sp³-hybridized carbons (Fsp3) is 0.364. The Balaban J connectivity index is 0.00000363. The van der Waals surface area contributed by atoms with Gasteiger partial charge in [0.1, 0.15) is 5.52 Å². The van der Waals surface area contributed by atoms with Crippen LogP contribution in [-0.2, 0) is 9.84 Å². The van der Waals surface area contributed by atoms with E-state index in [1.165, 1.54) is 17.6 Å². The molecule has 0 atom stereocenters. The van der Waals surface area contributed by atoms with Crippen molar-refractivity contribution in [3.63, 3.8) is 0 Å². The van der Waals surface area contributed by atoms with E-state index in [9.17, 15) is 13.2 Å². The maximum absolute atomic E-state index is 13.4. The molecule has 0 aliphatic heterocycles. The summed E-state index contributed by atoms with van der Waals surface area (Å²) in [6.07, 6.45) is 3.17. The summed E-state index contributed by atoms with van der Waals surface area (Å²) in [7, 11) is -3.43. The van der Waals surface area contributed by atoms with Gasteiger partial charge in [0.25, 0.3) is 5.91 Å². The predicted octanol–water partition coefficient (Wildman–Crippen LogP) is 4.83. The van der Waals surface area contributed by atoms with Gasteiger partial charge in [-0.15, -0.1) is 24.2 Å². The number of nitrogens with zero attached hydrogens (tertiary/aromatic N) is 3. The van der Waals surface area contributed by atoms with E-state index >= 15 is 0 Å². The highest BCUT2D eigenvalue weighted by atomic mass is 35.5. The number of halogens is 1.